The Balaban J connectivity index is 4.61. The fourth-order valence-electron chi connectivity index (χ4n) is 1.69. The number of hydrogen-bond donors (Lipinski definition) is 6. The molecule has 0 rings (SSSR count). The van der Waals surface area contributed by atoms with E-state index in [4.69, 9.17) is 9.84 Å². The van der Waals surface area contributed by atoms with Gasteiger partial charge in [-0.2, -0.15) is 12.6 Å². The van der Waals surface area contributed by atoms with Gasteiger partial charge in [0.05, 0.1) is 12.6 Å². The van der Waals surface area contributed by atoms with E-state index in [-0.39, 0.29) is 11.7 Å². The zero-order valence-electron chi connectivity index (χ0n) is 12.3. The second-order valence-electron chi connectivity index (χ2n) is 4.67. The van der Waals surface area contributed by atoms with Crippen LogP contribution in [0.4, 0.5) is 0 Å². The highest BCUT2D eigenvalue weighted by Gasteiger charge is 2.31. The third-order valence-electron chi connectivity index (χ3n) is 2.97. The zero-order chi connectivity index (χ0) is 16.6. The standard InChI is InChI=1S/C12H24N2O6S/c1-6(10(17)11(18)9(4-15)20-3)13-12(19)8(5-21)14-7(2)16/h6,8-11,15,17-18,21H,4-5H2,1-3H3,(H,13,19)(H,14,16)/t6-,8?,9?,10?,11?/m1/s1. The second-order valence-corrected chi connectivity index (χ2v) is 5.04. The summed E-state index contributed by atoms with van der Waals surface area (Å²) < 4.78 is 4.82. The van der Waals surface area contributed by atoms with Crippen LogP contribution in [-0.2, 0) is 14.3 Å². The lowest BCUT2D eigenvalue weighted by Crippen LogP contribution is -2.56. The zero-order valence-corrected chi connectivity index (χ0v) is 13.2. The predicted molar refractivity (Wildman–Crippen MR) is 79.0 cm³/mol. The Labute approximate surface area is 129 Å². The molecule has 0 aromatic carbocycles. The first kappa shape index (κ1) is 20.1. The fourth-order valence-corrected chi connectivity index (χ4v) is 1.94. The molecule has 2 amide bonds. The molecule has 0 aliphatic carbocycles. The Morgan fingerprint density at radius 3 is 2.19 bits per heavy atom. The molecular weight excluding hydrogens is 300 g/mol. The molecule has 0 bridgehead atoms. The van der Waals surface area contributed by atoms with Crippen molar-refractivity contribution >= 4 is 24.4 Å². The van der Waals surface area contributed by atoms with Gasteiger partial charge in [-0.1, -0.05) is 0 Å². The van der Waals surface area contributed by atoms with Gasteiger partial charge in [-0.3, -0.25) is 9.59 Å². The van der Waals surface area contributed by atoms with Gasteiger partial charge in [-0.15, -0.1) is 0 Å². The van der Waals surface area contributed by atoms with E-state index in [1.165, 1.54) is 21.0 Å². The van der Waals surface area contributed by atoms with E-state index in [2.05, 4.69) is 23.3 Å². The van der Waals surface area contributed by atoms with Gasteiger partial charge in [0.15, 0.2) is 0 Å². The highest BCUT2D eigenvalue weighted by atomic mass is 32.1. The van der Waals surface area contributed by atoms with E-state index < -0.39 is 42.9 Å². The number of aliphatic hydroxyl groups is 3. The molecule has 9 heteroatoms. The van der Waals surface area contributed by atoms with Crippen LogP contribution < -0.4 is 10.6 Å². The van der Waals surface area contributed by atoms with Crippen molar-refractivity contribution in [3.8, 4) is 0 Å². The van der Waals surface area contributed by atoms with Gasteiger partial charge in [-0.25, -0.2) is 0 Å². The van der Waals surface area contributed by atoms with Crippen LogP contribution >= 0.6 is 12.6 Å². The van der Waals surface area contributed by atoms with E-state index in [1.54, 1.807) is 0 Å². The third kappa shape index (κ3) is 6.62. The Morgan fingerprint density at radius 1 is 1.24 bits per heavy atom. The average Bonchev–Trinajstić information content (AvgIpc) is 2.44. The molecule has 0 saturated heterocycles. The minimum atomic E-state index is -1.37. The molecule has 124 valence electrons. The summed E-state index contributed by atoms with van der Waals surface area (Å²) in [5.41, 5.74) is 0. The molecule has 0 heterocycles. The third-order valence-corrected chi connectivity index (χ3v) is 3.34. The molecule has 0 aromatic rings. The first-order valence-electron chi connectivity index (χ1n) is 6.46. The molecule has 8 nitrogen and oxygen atoms in total. The first-order chi connectivity index (χ1) is 9.78. The lowest BCUT2D eigenvalue weighted by molar-refractivity contribution is -0.130. The number of rotatable bonds is 9. The number of nitrogens with one attached hydrogen (secondary N) is 2. The smallest absolute Gasteiger partial charge is 0.243 e. The predicted octanol–water partition coefficient (Wildman–Crippen LogP) is -2.35. The Kier molecular flexibility index (Phi) is 9.54. The summed E-state index contributed by atoms with van der Waals surface area (Å²) in [5, 5.41) is 33.6. The summed E-state index contributed by atoms with van der Waals surface area (Å²) in [4.78, 5) is 22.9. The Bertz CT molecular complexity index is 340. The molecule has 4 unspecified atom stereocenters. The van der Waals surface area contributed by atoms with Crippen LogP contribution in [0.2, 0.25) is 0 Å². The Morgan fingerprint density at radius 2 is 1.81 bits per heavy atom. The van der Waals surface area contributed by atoms with Crippen molar-refractivity contribution in [2.75, 3.05) is 19.5 Å². The van der Waals surface area contributed by atoms with Crippen molar-refractivity contribution in [1.82, 2.24) is 10.6 Å². The summed E-state index contributed by atoms with van der Waals surface area (Å²) in [6.45, 7) is 2.29. The number of thiol groups is 1. The second kappa shape index (κ2) is 9.96. The molecule has 0 aliphatic heterocycles. The van der Waals surface area contributed by atoms with Crippen molar-refractivity contribution in [3.63, 3.8) is 0 Å². The molecule has 5 N–H and O–H groups in total. The van der Waals surface area contributed by atoms with Crippen LogP contribution in [-0.4, -0.2) is 77.0 Å². The molecule has 0 saturated carbocycles. The van der Waals surface area contributed by atoms with Gasteiger partial charge >= 0.3 is 0 Å². The lowest BCUT2D eigenvalue weighted by atomic mass is 10.0. The van der Waals surface area contributed by atoms with Crippen molar-refractivity contribution < 1.29 is 29.6 Å². The van der Waals surface area contributed by atoms with Crippen LogP contribution in [0.5, 0.6) is 0 Å². The minimum Gasteiger partial charge on any atom is -0.394 e. The van der Waals surface area contributed by atoms with Gasteiger partial charge in [0.2, 0.25) is 11.8 Å². The first-order valence-corrected chi connectivity index (χ1v) is 7.09. The van der Waals surface area contributed by atoms with E-state index >= 15 is 0 Å². The normalized spacial score (nSPS) is 18.2. The molecule has 5 atom stereocenters. The molecule has 0 fully saturated rings. The molecule has 0 aliphatic rings. The number of carbonyl (C=O) groups excluding carboxylic acids is 2. The van der Waals surface area contributed by atoms with Crippen LogP contribution in [0.3, 0.4) is 0 Å². The number of aliphatic hydroxyl groups excluding tert-OH is 3. The quantitative estimate of drug-likeness (QED) is 0.264. The van der Waals surface area contributed by atoms with Crippen LogP contribution in [0.1, 0.15) is 13.8 Å². The van der Waals surface area contributed by atoms with E-state index in [1.807, 2.05) is 0 Å². The molecular formula is C12H24N2O6S. The minimum absolute atomic E-state index is 0.0914. The van der Waals surface area contributed by atoms with Crippen molar-refractivity contribution in [2.45, 2.75) is 44.2 Å². The van der Waals surface area contributed by atoms with Crippen LogP contribution in [0.15, 0.2) is 0 Å². The van der Waals surface area contributed by atoms with Gasteiger partial charge < -0.3 is 30.7 Å². The SMILES string of the molecule is COC(CO)C(O)C(O)[C@@H](C)NC(=O)C(CS)NC(C)=O. The fraction of sp³-hybridized carbons (Fsp3) is 0.833. The number of carbonyl (C=O) groups is 2. The highest BCUT2D eigenvalue weighted by molar-refractivity contribution is 7.80. The molecule has 0 radical (unpaired) electrons. The highest BCUT2D eigenvalue weighted by Crippen LogP contribution is 2.07. The number of amides is 2. The maximum Gasteiger partial charge on any atom is 0.243 e. The number of hydrogen-bond acceptors (Lipinski definition) is 7. The monoisotopic (exact) mass is 324 g/mol. The van der Waals surface area contributed by atoms with Gasteiger partial charge in [0, 0.05) is 19.8 Å². The van der Waals surface area contributed by atoms with Crippen molar-refractivity contribution in [1.29, 1.82) is 0 Å². The molecule has 0 spiro atoms. The summed E-state index contributed by atoms with van der Waals surface area (Å²) in [6.07, 6.45) is -3.68. The van der Waals surface area contributed by atoms with Crippen molar-refractivity contribution in [2.24, 2.45) is 0 Å². The topological polar surface area (TPSA) is 128 Å². The summed E-state index contributed by atoms with van der Waals surface area (Å²) in [7, 11) is 1.29. The molecule has 0 aromatic heterocycles. The average molecular weight is 324 g/mol. The van der Waals surface area contributed by atoms with Gasteiger partial charge in [0.25, 0.3) is 0 Å². The maximum absolute atomic E-state index is 11.9. The Hall–Kier alpha value is -0.870. The van der Waals surface area contributed by atoms with Crippen LogP contribution in [0.25, 0.3) is 0 Å². The number of methoxy groups -OCH3 is 1. The van der Waals surface area contributed by atoms with Crippen LogP contribution in [0, 0.1) is 0 Å². The van der Waals surface area contributed by atoms with Gasteiger partial charge in [0.1, 0.15) is 24.4 Å². The largest absolute Gasteiger partial charge is 0.394 e. The van der Waals surface area contributed by atoms with E-state index in [9.17, 15) is 19.8 Å². The maximum atomic E-state index is 11.9. The molecule has 21 heavy (non-hydrogen) atoms. The van der Waals surface area contributed by atoms with Crippen molar-refractivity contribution in [3.05, 3.63) is 0 Å². The lowest BCUT2D eigenvalue weighted by Gasteiger charge is -2.29. The van der Waals surface area contributed by atoms with Gasteiger partial charge in [-0.05, 0) is 6.92 Å². The summed E-state index contributed by atoms with van der Waals surface area (Å²) in [6, 6.07) is -1.65. The summed E-state index contributed by atoms with van der Waals surface area (Å²) in [5.74, 6) is -0.817. The van der Waals surface area contributed by atoms with E-state index in [0.717, 1.165) is 0 Å². The number of ether oxygens (including phenoxy) is 1. The van der Waals surface area contributed by atoms with E-state index in [0.29, 0.717) is 0 Å². The summed E-state index contributed by atoms with van der Waals surface area (Å²) >= 11 is 3.97.